The van der Waals surface area contributed by atoms with Crippen molar-refractivity contribution in [3.05, 3.63) is 22.1 Å². The van der Waals surface area contributed by atoms with Crippen molar-refractivity contribution in [1.29, 1.82) is 0 Å². The Kier molecular flexibility index (Phi) is 7.69. The molecule has 0 aliphatic rings. The topological polar surface area (TPSA) is 140 Å². The summed E-state index contributed by atoms with van der Waals surface area (Å²) < 4.78 is 10.3. The van der Waals surface area contributed by atoms with Gasteiger partial charge in [-0.25, -0.2) is 4.79 Å². The van der Waals surface area contributed by atoms with Crippen molar-refractivity contribution in [2.24, 2.45) is 7.05 Å². The van der Waals surface area contributed by atoms with Crippen LogP contribution in [0.3, 0.4) is 0 Å². The van der Waals surface area contributed by atoms with Gasteiger partial charge < -0.3 is 19.9 Å². The number of nitrogens with zero attached hydrogens (tertiary/aromatic N) is 1. The van der Waals surface area contributed by atoms with E-state index in [1.54, 1.807) is 6.92 Å². The quantitative estimate of drug-likeness (QED) is 0.387. The van der Waals surface area contributed by atoms with E-state index in [0.29, 0.717) is 6.42 Å². The van der Waals surface area contributed by atoms with Crippen LogP contribution >= 0.6 is 0 Å². The summed E-state index contributed by atoms with van der Waals surface area (Å²) in [6.07, 6.45) is -0.731. The first-order valence-electron chi connectivity index (χ1n) is 7.39. The van der Waals surface area contributed by atoms with Crippen molar-refractivity contribution >= 4 is 17.8 Å². The number of carbonyl (C=O) groups is 3. The third-order valence-electron chi connectivity index (χ3n) is 2.98. The Bertz CT molecular complexity index is 635. The monoisotopic (exact) mass is 343 g/mol. The third-order valence-corrected chi connectivity index (χ3v) is 2.98. The van der Waals surface area contributed by atoms with E-state index in [0.717, 1.165) is 10.7 Å². The largest absolute Gasteiger partial charge is 0.428 e. The zero-order chi connectivity index (χ0) is 18.1. The molecule has 0 saturated heterocycles. The number of hydrogen-bond acceptors (Lipinski definition) is 7. The average Bonchev–Trinajstić information content (AvgIpc) is 2.86. The number of aliphatic hydroxyl groups excluding tert-OH is 1. The van der Waals surface area contributed by atoms with Crippen molar-refractivity contribution in [2.45, 2.75) is 32.3 Å². The fraction of sp³-hybridized carbons (Fsp3) is 0.571. The Morgan fingerprint density at radius 1 is 1.38 bits per heavy atom. The molecule has 1 atom stereocenters. The molecule has 3 N–H and O–H groups in total. The normalized spacial score (nSPS) is 11.6. The highest BCUT2D eigenvalue weighted by molar-refractivity contribution is 5.92. The molecule has 10 nitrogen and oxygen atoms in total. The van der Waals surface area contributed by atoms with Gasteiger partial charge in [0.1, 0.15) is 5.69 Å². The highest BCUT2D eigenvalue weighted by Crippen LogP contribution is 1.97. The fourth-order valence-electron chi connectivity index (χ4n) is 1.67. The lowest BCUT2D eigenvalue weighted by Crippen LogP contribution is -2.31. The van der Waals surface area contributed by atoms with Crippen molar-refractivity contribution in [3.8, 4) is 0 Å². The van der Waals surface area contributed by atoms with Crippen LogP contribution in [0, 0.1) is 0 Å². The number of H-pyrrole nitrogens is 1. The molecule has 0 aromatic carbocycles. The Labute approximate surface area is 137 Å². The maximum absolute atomic E-state index is 11.7. The van der Waals surface area contributed by atoms with Crippen molar-refractivity contribution in [3.63, 3.8) is 0 Å². The first-order chi connectivity index (χ1) is 11.3. The van der Waals surface area contributed by atoms with Crippen LogP contribution in [0.15, 0.2) is 10.9 Å². The number of nitrogens with one attached hydrogen (secondary N) is 2. The van der Waals surface area contributed by atoms with Gasteiger partial charge in [0.15, 0.2) is 6.10 Å². The maximum atomic E-state index is 11.7. The molecule has 0 aliphatic carbocycles. The van der Waals surface area contributed by atoms with Crippen molar-refractivity contribution in [1.82, 2.24) is 15.1 Å². The predicted octanol–water partition coefficient (Wildman–Crippen LogP) is -0.962. The summed E-state index contributed by atoms with van der Waals surface area (Å²) in [7, 11) is 1.46. The zero-order valence-electron chi connectivity index (χ0n) is 13.5. The van der Waals surface area contributed by atoms with E-state index in [-0.39, 0.29) is 30.6 Å². The molecule has 1 heterocycles. The van der Waals surface area contributed by atoms with Gasteiger partial charge in [0.05, 0.1) is 0 Å². The minimum atomic E-state index is -1.47. The molecule has 0 bridgehead atoms. The van der Waals surface area contributed by atoms with Crippen LogP contribution in [-0.2, 0) is 26.1 Å². The lowest BCUT2D eigenvalue weighted by molar-refractivity contribution is -0.173. The standard InChI is InChI=1S/C14H21N3O7/c1-3-4-12(20)23-8-24-14(22)10(18)5-6-15-13(21)9-7-11(19)17(2)16-9/h7,10,16,18H,3-6,8H2,1-2H3,(H,15,21). The Morgan fingerprint density at radius 3 is 2.67 bits per heavy atom. The van der Waals surface area contributed by atoms with Crippen molar-refractivity contribution < 1.29 is 29.0 Å². The summed E-state index contributed by atoms with van der Waals surface area (Å²) in [6, 6.07) is 1.13. The van der Waals surface area contributed by atoms with Gasteiger partial charge in [0.2, 0.25) is 6.79 Å². The van der Waals surface area contributed by atoms with Gasteiger partial charge in [-0.05, 0) is 6.42 Å². The Balaban J connectivity index is 2.26. The highest BCUT2D eigenvalue weighted by atomic mass is 16.7. The van der Waals surface area contributed by atoms with E-state index in [4.69, 9.17) is 0 Å². The number of aromatic amines is 1. The Hall–Kier alpha value is -2.62. The molecule has 24 heavy (non-hydrogen) atoms. The molecule has 134 valence electrons. The number of rotatable bonds is 9. The molecular formula is C14H21N3O7. The highest BCUT2D eigenvalue weighted by Gasteiger charge is 2.18. The number of carbonyl (C=O) groups excluding carboxylic acids is 3. The number of aromatic nitrogens is 2. The summed E-state index contributed by atoms with van der Waals surface area (Å²) in [5.41, 5.74) is -0.288. The van der Waals surface area contributed by atoms with E-state index in [2.05, 4.69) is 19.9 Å². The van der Waals surface area contributed by atoms with Crippen LogP contribution in [0.4, 0.5) is 0 Å². The second-order valence-electron chi connectivity index (χ2n) is 4.98. The number of amides is 1. The first kappa shape index (κ1) is 19.4. The van der Waals surface area contributed by atoms with Gasteiger partial charge in [-0.3, -0.25) is 24.2 Å². The summed E-state index contributed by atoms with van der Waals surface area (Å²) >= 11 is 0. The molecule has 1 rings (SSSR count). The van der Waals surface area contributed by atoms with Gasteiger partial charge in [-0.2, -0.15) is 0 Å². The molecule has 0 radical (unpaired) electrons. The van der Waals surface area contributed by atoms with Crippen LogP contribution in [-0.4, -0.2) is 52.2 Å². The predicted molar refractivity (Wildman–Crippen MR) is 80.9 cm³/mol. The molecular weight excluding hydrogens is 322 g/mol. The SMILES string of the molecule is CCCC(=O)OCOC(=O)C(O)CCNC(=O)c1cc(=O)n(C)[nH]1. The van der Waals surface area contributed by atoms with Gasteiger partial charge >= 0.3 is 11.9 Å². The molecule has 0 aliphatic heterocycles. The molecule has 1 aromatic heterocycles. The lowest BCUT2D eigenvalue weighted by atomic mass is 10.2. The molecule has 0 spiro atoms. The minimum Gasteiger partial charge on any atom is -0.428 e. The van der Waals surface area contributed by atoms with E-state index >= 15 is 0 Å². The first-order valence-corrected chi connectivity index (χ1v) is 7.39. The van der Waals surface area contributed by atoms with Gasteiger partial charge in [-0.15, -0.1) is 0 Å². The van der Waals surface area contributed by atoms with Crippen LogP contribution in [0.25, 0.3) is 0 Å². The number of ether oxygens (including phenoxy) is 2. The van der Waals surface area contributed by atoms with Crippen molar-refractivity contribution in [2.75, 3.05) is 13.3 Å². The molecule has 1 amide bonds. The number of hydrogen-bond donors (Lipinski definition) is 3. The number of aliphatic hydroxyl groups is 1. The Morgan fingerprint density at radius 2 is 2.08 bits per heavy atom. The average molecular weight is 343 g/mol. The maximum Gasteiger partial charge on any atom is 0.337 e. The summed E-state index contributed by atoms with van der Waals surface area (Å²) in [5.74, 6) is -1.99. The third kappa shape index (κ3) is 6.24. The fourth-order valence-corrected chi connectivity index (χ4v) is 1.67. The number of esters is 2. The van der Waals surface area contributed by atoms with Gasteiger partial charge in [0.25, 0.3) is 11.5 Å². The van der Waals surface area contributed by atoms with Crippen LogP contribution in [0.2, 0.25) is 0 Å². The second kappa shape index (κ2) is 9.50. The van der Waals surface area contributed by atoms with E-state index in [1.807, 2.05) is 0 Å². The zero-order valence-corrected chi connectivity index (χ0v) is 13.5. The number of aryl methyl sites for hydroxylation is 1. The van der Waals surface area contributed by atoms with Gasteiger partial charge in [-0.1, -0.05) is 6.92 Å². The molecule has 1 aromatic rings. The molecule has 0 fully saturated rings. The van der Waals surface area contributed by atoms with Gasteiger partial charge in [0, 0.05) is 32.5 Å². The second-order valence-corrected chi connectivity index (χ2v) is 4.98. The summed E-state index contributed by atoms with van der Waals surface area (Å²) in [4.78, 5) is 45.4. The van der Waals surface area contributed by atoms with E-state index in [1.165, 1.54) is 7.05 Å². The van der Waals surface area contributed by atoms with E-state index in [9.17, 15) is 24.3 Å². The molecule has 10 heteroatoms. The lowest BCUT2D eigenvalue weighted by Gasteiger charge is -2.11. The minimum absolute atomic E-state index is 0.0123. The summed E-state index contributed by atoms with van der Waals surface area (Å²) in [5, 5.41) is 14.6. The smallest absolute Gasteiger partial charge is 0.337 e. The van der Waals surface area contributed by atoms with Crippen LogP contribution < -0.4 is 10.9 Å². The molecule has 1 unspecified atom stereocenters. The van der Waals surface area contributed by atoms with E-state index < -0.39 is 30.7 Å². The van der Waals surface area contributed by atoms with Crippen LogP contribution in [0.1, 0.15) is 36.7 Å². The molecule has 0 saturated carbocycles. The summed E-state index contributed by atoms with van der Waals surface area (Å²) in [6.45, 7) is 1.23. The van der Waals surface area contributed by atoms with Crippen LogP contribution in [0.5, 0.6) is 0 Å².